The van der Waals surface area contributed by atoms with Gasteiger partial charge in [-0.25, -0.2) is 0 Å². The Balaban J connectivity index is 1.80. The summed E-state index contributed by atoms with van der Waals surface area (Å²) >= 11 is 8.61. The number of aliphatic hydroxyl groups excluding tert-OH is 1. The molecule has 2 aromatic carbocycles. The van der Waals surface area contributed by atoms with E-state index in [1.807, 2.05) is 12.1 Å². The van der Waals surface area contributed by atoms with Gasteiger partial charge in [0.1, 0.15) is 0 Å². The summed E-state index contributed by atoms with van der Waals surface area (Å²) in [5, 5.41) is 13.8. The second-order valence-corrected chi connectivity index (χ2v) is 8.06. The minimum atomic E-state index is 0.236. The van der Waals surface area contributed by atoms with Crippen LogP contribution in [-0.4, -0.2) is 17.8 Å². The molecule has 1 aliphatic carbocycles. The van der Waals surface area contributed by atoms with Crippen LogP contribution in [0.1, 0.15) is 35.8 Å². The summed E-state index contributed by atoms with van der Waals surface area (Å²) in [4.78, 5) is 0. The Labute approximate surface area is 161 Å². The molecule has 0 spiro atoms. The summed E-state index contributed by atoms with van der Waals surface area (Å²) < 4.78 is 1.40. The fourth-order valence-corrected chi connectivity index (χ4v) is 5.41. The Kier molecular flexibility index (Phi) is 4.58. The van der Waals surface area contributed by atoms with E-state index in [1.54, 1.807) is 0 Å². The van der Waals surface area contributed by atoms with E-state index in [0.717, 1.165) is 17.9 Å². The number of nitrogens with one attached hydrogen (secondary N) is 1. The van der Waals surface area contributed by atoms with Crippen LogP contribution in [0.5, 0.6) is 0 Å². The lowest BCUT2D eigenvalue weighted by molar-refractivity contribution is 0.287. The maximum Gasteiger partial charge on any atom is 0.0649 e. The summed E-state index contributed by atoms with van der Waals surface area (Å²) in [5.74, 6) is 0.768. The van der Waals surface area contributed by atoms with Crippen LogP contribution in [0.2, 0.25) is 5.02 Å². The van der Waals surface area contributed by atoms with Crippen molar-refractivity contribution in [2.45, 2.75) is 30.7 Å². The van der Waals surface area contributed by atoms with E-state index < -0.39 is 0 Å². The predicted octanol–water partition coefficient (Wildman–Crippen LogP) is 5.48. The number of aliphatic hydroxyl groups is 1. The monoisotopic (exact) mass is 451 g/mol. The van der Waals surface area contributed by atoms with Gasteiger partial charge in [-0.15, -0.1) is 0 Å². The van der Waals surface area contributed by atoms with Gasteiger partial charge < -0.3 is 10.4 Å². The van der Waals surface area contributed by atoms with Crippen LogP contribution in [0.25, 0.3) is 0 Å². The molecule has 3 unspecified atom stereocenters. The number of hydrogen-bond donors (Lipinski definition) is 2. The smallest absolute Gasteiger partial charge is 0.0649 e. The quantitative estimate of drug-likeness (QED) is 0.604. The molecule has 2 N–H and O–H groups in total. The lowest BCUT2D eigenvalue weighted by Gasteiger charge is -2.23. The number of fused-ring (bicyclic) bond motifs is 3. The zero-order valence-corrected chi connectivity index (χ0v) is 16.1. The molecular formula is C20H19ClINO. The summed E-state index contributed by atoms with van der Waals surface area (Å²) in [5.41, 5.74) is 5.42. The van der Waals surface area contributed by atoms with Gasteiger partial charge in [0.05, 0.1) is 6.04 Å². The molecule has 0 saturated heterocycles. The highest BCUT2D eigenvalue weighted by Crippen LogP contribution is 2.57. The van der Waals surface area contributed by atoms with Crippen molar-refractivity contribution >= 4 is 39.9 Å². The van der Waals surface area contributed by atoms with Gasteiger partial charge in [-0.1, -0.05) is 47.5 Å². The number of benzene rings is 2. The standard InChI is InChI=1S/C20H19ClINO/c21-13-9-7-12(8-10-13)17-15(5-3-11-24)19(22)20-18(17)14-4-1-2-6-16(14)23-20/h1-2,4,6-10,17-18,20,23-24H,3,5,11H2. The highest BCUT2D eigenvalue weighted by atomic mass is 127. The Morgan fingerprint density at radius 2 is 1.83 bits per heavy atom. The van der Waals surface area contributed by atoms with Crippen molar-refractivity contribution in [3.8, 4) is 0 Å². The number of halogens is 2. The Morgan fingerprint density at radius 3 is 2.58 bits per heavy atom. The summed E-state index contributed by atoms with van der Waals surface area (Å²) in [7, 11) is 0. The average Bonchev–Trinajstić information content (AvgIpc) is 3.10. The van der Waals surface area contributed by atoms with Gasteiger partial charge in [-0.3, -0.25) is 0 Å². The summed E-state index contributed by atoms with van der Waals surface area (Å²) in [6.45, 7) is 0.236. The van der Waals surface area contributed by atoms with E-state index in [2.05, 4.69) is 64.3 Å². The van der Waals surface area contributed by atoms with Crippen molar-refractivity contribution in [1.29, 1.82) is 0 Å². The lowest BCUT2D eigenvalue weighted by Crippen LogP contribution is -2.19. The summed E-state index contributed by atoms with van der Waals surface area (Å²) in [6.07, 6.45) is 1.76. The molecule has 124 valence electrons. The largest absolute Gasteiger partial charge is 0.396 e. The molecule has 4 rings (SSSR count). The van der Waals surface area contributed by atoms with E-state index in [4.69, 9.17) is 11.6 Å². The van der Waals surface area contributed by atoms with Crippen LogP contribution < -0.4 is 5.32 Å². The van der Waals surface area contributed by atoms with Gasteiger partial charge >= 0.3 is 0 Å². The first kappa shape index (κ1) is 16.4. The van der Waals surface area contributed by atoms with E-state index in [9.17, 15) is 5.11 Å². The molecule has 0 amide bonds. The van der Waals surface area contributed by atoms with Gasteiger partial charge in [0, 0.05) is 32.7 Å². The highest BCUT2D eigenvalue weighted by molar-refractivity contribution is 14.1. The zero-order valence-electron chi connectivity index (χ0n) is 13.2. The molecule has 0 radical (unpaired) electrons. The number of rotatable bonds is 4. The third-order valence-electron chi connectivity index (χ3n) is 5.14. The van der Waals surface area contributed by atoms with Crippen LogP contribution in [-0.2, 0) is 0 Å². The van der Waals surface area contributed by atoms with Crippen LogP contribution in [0, 0.1) is 0 Å². The fourth-order valence-electron chi connectivity index (χ4n) is 4.14. The maximum atomic E-state index is 9.31. The first-order valence-corrected chi connectivity index (χ1v) is 9.76. The topological polar surface area (TPSA) is 32.3 Å². The molecule has 1 aliphatic heterocycles. The highest BCUT2D eigenvalue weighted by Gasteiger charge is 2.47. The SMILES string of the molecule is OCCCC1=C(I)C2Nc3ccccc3C2C1c1ccc(Cl)cc1. The molecule has 0 fully saturated rings. The van der Waals surface area contributed by atoms with Crippen molar-refractivity contribution in [3.63, 3.8) is 0 Å². The fraction of sp³-hybridized carbons (Fsp3) is 0.300. The van der Waals surface area contributed by atoms with Gasteiger partial charge in [0.25, 0.3) is 0 Å². The summed E-state index contributed by atoms with van der Waals surface area (Å²) in [6, 6.07) is 17.2. The number of allylic oxidation sites excluding steroid dienone is 1. The second kappa shape index (κ2) is 6.70. The second-order valence-electron chi connectivity index (χ2n) is 6.46. The predicted molar refractivity (Wildman–Crippen MR) is 108 cm³/mol. The lowest BCUT2D eigenvalue weighted by atomic mass is 9.79. The Morgan fingerprint density at radius 1 is 1.08 bits per heavy atom. The first-order valence-electron chi connectivity index (χ1n) is 8.31. The molecule has 2 nitrogen and oxygen atoms in total. The van der Waals surface area contributed by atoms with Gasteiger partial charge in [-0.2, -0.15) is 0 Å². The zero-order chi connectivity index (χ0) is 16.7. The van der Waals surface area contributed by atoms with Crippen molar-refractivity contribution in [3.05, 3.63) is 73.8 Å². The third kappa shape index (κ3) is 2.67. The van der Waals surface area contributed by atoms with Gasteiger partial charge in [-0.05, 0) is 64.8 Å². The van der Waals surface area contributed by atoms with Gasteiger partial charge in [0.15, 0.2) is 0 Å². The van der Waals surface area contributed by atoms with Crippen molar-refractivity contribution in [2.24, 2.45) is 0 Å². The third-order valence-corrected chi connectivity index (χ3v) is 6.75. The van der Waals surface area contributed by atoms with Crippen molar-refractivity contribution < 1.29 is 5.11 Å². The number of anilines is 1. The average molecular weight is 452 g/mol. The number of hydrogen-bond acceptors (Lipinski definition) is 2. The van der Waals surface area contributed by atoms with Crippen LogP contribution >= 0.6 is 34.2 Å². The van der Waals surface area contributed by atoms with Crippen LogP contribution in [0.4, 0.5) is 5.69 Å². The minimum absolute atomic E-state index is 0.236. The molecule has 0 saturated carbocycles. The maximum absolute atomic E-state index is 9.31. The molecule has 4 heteroatoms. The van der Waals surface area contributed by atoms with Crippen molar-refractivity contribution in [2.75, 3.05) is 11.9 Å². The molecule has 0 bridgehead atoms. The molecule has 3 atom stereocenters. The molecular weight excluding hydrogens is 433 g/mol. The molecule has 2 aromatic rings. The first-order chi connectivity index (χ1) is 11.7. The van der Waals surface area contributed by atoms with E-state index >= 15 is 0 Å². The van der Waals surface area contributed by atoms with Gasteiger partial charge in [0.2, 0.25) is 0 Å². The van der Waals surface area contributed by atoms with Crippen LogP contribution in [0.3, 0.4) is 0 Å². The molecule has 0 aromatic heterocycles. The van der Waals surface area contributed by atoms with Crippen molar-refractivity contribution in [1.82, 2.24) is 0 Å². The molecule has 24 heavy (non-hydrogen) atoms. The number of para-hydroxylation sites is 1. The molecule has 1 heterocycles. The minimum Gasteiger partial charge on any atom is -0.396 e. The van der Waals surface area contributed by atoms with E-state index in [1.165, 1.54) is 26.0 Å². The van der Waals surface area contributed by atoms with E-state index in [0.29, 0.717) is 17.9 Å². The van der Waals surface area contributed by atoms with Crippen LogP contribution in [0.15, 0.2) is 57.7 Å². The molecule has 2 aliphatic rings. The Bertz CT molecular complexity index is 786. The normalized spacial score (nSPS) is 24.7. The Hall–Kier alpha value is -1.04. The van der Waals surface area contributed by atoms with E-state index in [-0.39, 0.29) is 6.61 Å².